The van der Waals surface area contributed by atoms with Crippen molar-refractivity contribution in [1.29, 1.82) is 0 Å². The number of rotatable bonds is 4. The normalized spacial score (nSPS) is 11.3. The van der Waals surface area contributed by atoms with E-state index in [1.54, 1.807) is 36.4 Å². The summed E-state index contributed by atoms with van der Waals surface area (Å²) in [5.41, 5.74) is 2.45. The Bertz CT molecular complexity index is 881. The molecule has 0 aliphatic carbocycles. The summed E-state index contributed by atoms with van der Waals surface area (Å²) in [6, 6.07) is 23.2. The van der Waals surface area contributed by atoms with Crippen molar-refractivity contribution in [2.24, 2.45) is 0 Å². The van der Waals surface area contributed by atoms with Gasteiger partial charge in [-0.05, 0) is 41.5 Å². The number of carbonyl (C=O) groups excluding carboxylic acids is 1. The molecule has 2 nitrogen and oxygen atoms in total. The van der Waals surface area contributed by atoms with E-state index >= 15 is 0 Å². The SMILES string of the molecule is O=C(/C(=C/c1ccc(Cl)cc1)c1ccccc1)c1ccccc1O. The van der Waals surface area contributed by atoms with Crippen LogP contribution in [0.4, 0.5) is 0 Å². The van der Waals surface area contributed by atoms with Crippen molar-refractivity contribution in [2.45, 2.75) is 0 Å². The maximum absolute atomic E-state index is 13.0. The minimum atomic E-state index is -0.228. The first-order valence-electron chi connectivity index (χ1n) is 7.50. The van der Waals surface area contributed by atoms with Crippen LogP contribution >= 0.6 is 11.6 Å². The van der Waals surface area contributed by atoms with E-state index in [9.17, 15) is 9.90 Å². The summed E-state index contributed by atoms with van der Waals surface area (Å²) in [6.07, 6.45) is 1.81. The number of hydrogen-bond donors (Lipinski definition) is 1. The van der Waals surface area contributed by atoms with Gasteiger partial charge in [-0.3, -0.25) is 4.79 Å². The second-order valence-electron chi connectivity index (χ2n) is 5.32. The monoisotopic (exact) mass is 334 g/mol. The number of hydrogen-bond acceptors (Lipinski definition) is 2. The van der Waals surface area contributed by atoms with Gasteiger partial charge in [-0.2, -0.15) is 0 Å². The second kappa shape index (κ2) is 7.16. The molecular weight excluding hydrogens is 320 g/mol. The van der Waals surface area contributed by atoms with E-state index < -0.39 is 0 Å². The van der Waals surface area contributed by atoms with Gasteiger partial charge in [0, 0.05) is 10.6 Å². The van der Waals surface area contributed by atoms with E-state index in [0.29, 0.717) is 10.6 Å². The lowest BCUT2D eigenvalue weighted by atomic mass is 9.94. The number of phenols is 1. The Labute approximate surface area is 145 Å². The third-order valence-electron chi connectivity index (χ3n) is 3.66. The van der Waals surface area contributed by atoms with Gasteiger partial charge in [-0.25, -0.2) is 0 Å². The Morgan fingerprint density at radius 2 is 1.46 bits per heavy atom. The number of para-hydroxylation sites is 1. The molecule has 0 aromatic heterocycles. The van der Waals surface area contributed by atoms with E-state index in [-0.39, 0.29) is 17.1 Å². The van der Waals surface area contributed by atoms with Crippen molar-refractivity contribution in [3.8, 4) is 5.75 Å². The lowest BCUT2D eigenvalue weighted by Crippen LogP contribution is -2.03. The van der Waals surface area contributed by atoms with Crippen LogP contribution in [0.5, 0.6) is 5.75 Å². The summed E-state index contributed by atoms with van der Waals surface area (Å²) >= 11 is 5.92. The molecule has 0 unspecified atom stereocenters. The van der Waals surface area contributed by atoms with Crippen LogP contribution in [0, 0.1) is 0 Å². The highest BCUT2D eigenvalue weighted by Crippen LogP contribution is 2.27. The molecule has 0 heterocycles. The van der Waals surface area contributed by atoms with Crippen LogP contribution in [0.2, 0.25) is 5.02 Å². The molecule has 0 aliphatic heterocycles. The number of aromatic hydroxyl groups is 1. The summed E-state index contributed by atoms with van der Waals surface area (Å²) in [6.45, 7) is 0. The van der Waals surface area contributed by atoms with Crippen LogP contribution in [0.15, 0.2) is 78.9 Å². The molecule has 0 amide bonds. The maximum atomic E-state index is 13.0. The molecule has 3 aromatic carbocycles. The van der Waals surface area contributed by atoms with Gasteiger partial charge >= 0.3 is 0 Å². The van der Waals surface area contributed by atoms with Crippen molar-refractivity contribution >= 4 is 29.0 Å². The molecule has 118 valence electrons. The van der Waals surface area contributed by atoms with E-state index in [2.05, 4.69) is 0 Å². The van der Waals surface area contributed by atoms with Crippen LogP contribution in [0.25, 0.3) is 11.6 Å². The Hall–Kier alpha value is -2.84. The fourth-order valence-electron chi connectivity index (χ4n) is 2.43. The van der Waals surface area contributed by atoms with Crippen LogP contribution in [-0.2, 0) is 0 Å². The number of carbonyl (C=O) groups is 1. The third kappa shape index (κ3) is 3.55. The van der Waals surface area contributed by atoms with Gasteiger partial charge in [-0.15, -0.1) is 0 Å². The number of allylic oxidation sites excluding steroid dienone is 1. The highest BCUT2D eigenvalue weighted by atomic mass is 35.5. The Morgan fingerprint density at radius 3 is 2.12 bits per heavy atom. The first kappa shape index (κ1) is 16.0. The zero-order valence-corrected chi connectivity index (χ0v) is 13.6. The molecule has 0 fully saturated rings. The van der Waals surface area contributed by atoms with Crippen molar-refractivity contribution in [2.75, 3.05) is 0 Å². The van der Waals surface area contributed by atoms with Crippen molar-refractivity contribution < 1.29 is 9.90 Å². The molecule has 0 spiro atoms. The van der Waals surface area contributed by atoms with Gasteiger partial charge in [0.1, 0.15) is 5.75 Å². The first-order chi connectivity index (χ1) is 11.6. The average molecular weight is 335 g/mol. The average Bonchev–Trinajstić information content (AvgIpc) is 2.62. The van der Waals surface area contributed by atoms with Crippen LogP contribution in [0.1, 0.15) is 21.5 Å². The highest BCUT2D eigenvalue weighted by Gasteiger charge is 2.17. The zero-order valence-electron chi connectivity index (χ0n) is 12.8. The molecule has 3 rings (SSSR count). The van der Waals surface area contributed by atoms with Crippen molar-refractivity contribution in [3.05, 3.63) is 101 Å². The maximum Gasteiger partial charge on any atom is 0.197 e. The molecule has 0 saturated heterocycles. The number of benzene rings is 3. The topological polar surface area (TPSA) is 37.3 Å². The summed E-state index contributed by atoms with van der Waals surface area (Å²) in [5, 5.41) is 10.7. The van der Waals surface area contributed by atoms with Crippen LogP contribution < -0.4 is 0 Å². The smallest absolute Gasteiger partial charge is 0.197 e. The number of phenolic OH excluding ortho intramolecular Hbond substituents is 1. The minimum absolute atomic E-state index is 0.0274. The third-order valence-corrected chi connectivity index (χ3v) is 3.91. The number of halogens is 1. The van der Waals surface area contributed by atoms with Gasteiger partial charge in [0.25, 0.3) is 0 Å². The van der Waals surface area contributed by atoms with Crippen molar-refractivity contribution in [3.63, 3.8) is 0 Å². The Morgan fingerprint density at radius 1 is 0.833 bits per heavy atom. The molecule has 0 atom stereocenters. The predicted molar refractivity (Wildman–Crippen MR) is 98.2 cm³/mol. The second-order valence-corrected chi connectivity index (χ2v) is 5.76. The molecule has 24 heavy (non-hydrogen) atoms. The molecule has 1 N–H and O–H groups in total. The van der Waals surface area contributed by atoms with Gasteiger partial charge in [0.2, 0.25) is 0 Å². The molecule has 0 bridgehead atoms. The first-order valence-corrected chi connectivity index (χ1v) is 7.88. The van der Waals surface area contributed by atoms with Crippen molar-refractivity contribution in [1.82, 2.24) is 0 Å². The van der Waals surface area contributed by atoms with Gasteiger partial charge in [-0.1, -0.05) is 66.2 Å². The highest BCUT2D eigenvalue weighted by molar-refractivity contribution is 6.33. The van der Waals surface area contributed by atoms with Crippen LogP contribution in [0.3, 0.4) is 0 Å². The van der Waals surface area contributed by atoms with Gasteiger partial charge in [0.15, 0.2) is 5.78 Å². The van der Waals surface area contributed by atoms with E-state index in [1.807, 2.05) is 42.5 Å². The standard InChI is InChI=1S/C21H15ClO2/c22-17-12-10-15(11-13-17)14-19(16-6-2-1-3-7-16)21(24)18-8-4-5-9-20(18)23/h1-14,23H/b19-14+. The molecule has 3 aromatic rings. The van der Waals surface area contributed by atoms with E-state index in [4.69, 9.17) is 11.6 Å². The fraction of sp³-hybridized carbons (Fsp3) is 0. The Balaban J connectivity index is 2.11. The number of Topliss-reactive ketones (excluding diaryl/α,β-unsaturated/α-hetero) is 1. The Kier molecular flexibility index (Phi) is 4.78. The van der Waals surface area contributed by atoms with E-state index in [0.717, 1.165) is 11.1 Å². The molecule has 0 saturated carbocycles. The predicted octanol–water partition coefficient (Wildman–Crippen LogP) is 5.47. The summed E-state index contributed by atoms with van der Waals surface area (Å²) in [7, 11) is 0. The molecule has 3 heteroatoms. The zero-order chi connectivity index (χ0) is 16.9. The fourth-order valence-corrected chi connectivity index (χ4v) is 2.56. The van der Waals surface area contributed by atoms with Crippen LogP contribution in [-0.4, -0.2) is 10.9 Å². The molecular formula is C21H15ClO2. The summed E-state index contributed by atoms with van der Waals surface area (Å²) in [5.74, 6) is -0.255. The van der Waals surface area contributed by atoms with Gasteiger partial charge in [0.05, 0.1) is 5.56 Å². The molecule has 0 aliphatic rings. The summed E-state index contributed by atoms with van der Waals surface area (Å²) in [4.78, 5) is 13.0. The lowest BCUT2D eigenvalue weighted by molar-refractivity contribution is 0.105. The minimum Gasteiger partial charge on any atom is -0.507 e. The lowest BCUT2D eigenvalue weighted by Gasteiger charge is -2.09. The quantitative estimate of drug-likeness (QED) is 0.390. The van der Waals surface area contributed by atoms with Gasteiger partial charge < -0.3 is 5.11 Å². The molecule has 0 radical (unpaired) electrons. The van der Waals surface area contributed by atoms with E-state index in [1.165, 1.54) is 6.07 Å². The summed E-state index contributed by atoms with van der Waals surface area (Å²) < 4.78 is 0. The number of ketones is 1. The largest absolute Gasteiger partial charge is 0.507 e.